The minimum atomic E-state index is -3.48. The third kappa shape index (κ3) is 5.95. The number of rotatable bonds is 7. The topological polar surface area (TPSA) is 164 Å². The summed E-state index contributed by atoms with van der Waals surface area (Å²) in [6, 6.07) is 3.73. The standard InChI is InChI=1S/C27H31N7O5S/c35-20-4-2-19(3-5-20)31-22-13-26(29-14-17(22)1-8-24-23(36)10-12-39-24)32-25-9-11-28-27(33-25)18-15-30-34(16-18)40(37,38)21-6-7-21/h9,11,13-16,19-21,23-24,35-36H,2-7,10,12H2,(H2,28,29,31,32,33)/t19?,20?,23-,24-/m0/s1. The summed E-state index contributed by atoms with van der Waals surface area (Å²) in [5.74, 6) is 7.46. The number of nitrogens with one attached hydrogen (secondary N) is 2. The van der Waals surface area contributed by atoms with Gasteiger partial charge in [0, 0.05) is 30.9 Å². The molecule has 0 bridgehead atoms. The Balaban J connectivity index is 1.23. The molecule has 4 heterocycles. The highest BCUT2D eigenvalue weighted by atomic mass is 32.2. The number of hydrogen-bond acceptors (Lipinski definition) is 11. The lowest BCUT2D eigenvalue weighted by Crippen LogP contribution is -2.28. The molecule has 0 aromatic carbocycles. The average molecular weight is 566 g/mol. The molecule has 3 aromatic rings. The predicted molar refractivity (Wildman–Crippen MR) is 147 cm³/mol. The van der Waals surface area contributed by atoms with Crippen LogP contribution in [0.25, 0.3) is 11.4 Å². The van der Waals surface area contributed by atoms with Crippen molar-refractivity contribution in [3.05, 3.63) is 42.5 Å². The molecule has 4 N–H and O–H groups in total. The number of pyridine rings is 1. The molecule has 13 heteroatoms. The molecule has 6 rings (SSSR count). The molecule has 12 nitrogen and oxygen atoms in total. The second-order valence-electron chi connectivity index (χ2n) is 10.4. The van der Waals surface area contributed by atoms with Gasteiger partial charge in [0.1, 0.15) is 17.7 Å². The Morgan fingerprint density at radius 3 is 2.60 bits per heavy atom. The van der Waals surface area contributed by atoms with Crippen molar-refractivity contribution in [2.24, 2.45) is 0 Å². The first kappa shape index (κ1) is 26.6. The Kier molecular flexibility index (Phi) is 7.41. The number of aliphatic hydroxyl groups excluding tert-OH is 2. The first-order chi connectivity index (χ1) is 19.3. The van der Waals surface area contributed by atoms with E-state index in [2.05, 4.69) is 42.5 Å². The van der Waals surface area contributed by atoms with E-state index in [1.165, 1.54) is 12.4 Å². The van der Waals surface area contributed by atoms with E-state index in [9.17, 15) is 18.6 Å². The summed E-state index contributed by atoms with van der Waals surface area (Å²) >= 11 is 0. The van der Waals surface area contributed by atoms with E-state index in [1.807, 2.05) is 6.07 Å². The summed E-state index contributed by atoms with van der Waals surface area (Å²) in [6.07, 6.45) is 9.73. The normalized spacial score (nSPS) is 24.8. The van der Waals surface area contributed by atoms with E-state index in [0.717, 1.165) is 35.5 Å². The van der Waals surface area contributed by atoms with Crippen molar-refractivity contribution in [2.45, 2.75) is 74.5 Å². The van der Waals surface area contributed by atoms with E-state index < -0.39 is 22.2 Å². The highest BCUT2D eigenvalue weighted by Crippen LogP contribution is 2.31. The van der Waals surface area contributed by atoms with Crippen LogP contribution in [0.4, 0.5) is 17.3 Å². The quantitative estimate of drug-likeness (QED) is 0.310. The van der Waals surface area contributed by atoms with Crippen LogP contribution in [0, 0.1) is 11.8 Å². The number of hydrogen-bond donors (Lipinski definition) is 4. The average Bonchev–Trinajstić information content (AvgIpc) is 3.56. The third-order valence-corrected chi connectivity index (χ3v) is 9.34. The van der Waals surface area contributed by atoms with Crippen molar-refractivity contribution in [3.8, 4) is 23.2 Å². The lowest BCUT2D eigenvalue weighted by molar-refractivity contribution is 0.0811. The molecule has 210 valence electrons. The number of aromatic nitrogens is 5. The van der Waals surface area contributed by atoms with Crippen LogP contribution in [-0.4, -0.2) is 79.0 Å². The van der Waals surface area contributed by atoms with Gasteiger partial charge in [-0.1, -0.05) is 11.8 Å². The van der Waals surface area contributed by atoms with Gasteiger partial charge in [0.2, 0.25) is 0 Å². The van der Waals surface area contributed by atoms with E-state index >= 15 is 0 Å². The van der Waals surface area contributed by atoms with Gasteiger partial charge in [-0.3, -0.25) is 0 Å². The molecule has 0 amide bonds. The van der Waals surface area contributed by atoms with Crippen molar-refractivity contribution in [3.63, 3.8) is 0 Å². The molecule has 3 aromatic heterocycles. The number of ether oxygens (including phenoxy) is 1. The predicted octanol–water partition coefficient (Wildman–Crippen LogP) is 2.04. The van der Waals surface area contributed by atoms with Crippen LogP contribution in [0.3, 0.4) is 0 Å². The van der Waals surface area contributed by atoms with E-state index in [4.69, 9.17) is 4.74 Å². The zero-order valence-electron chi connectivity index (χ0n) is 21.8. The lowest BCUT2D eigenvalue weighted by Gasteiger charge is -2.27. The van der Waals surface area contributed by atoms with Crippen molar-refractivity contribution < 1.29 is 23.4 Å². The zero-order chi connectivity index (χ0) is 27.7. The Bertz CT molecular complexity index is 1540. The molecular weight excluding hydrogens is 534 g/mol. The Morgan fingerprint density at radius 1 is 1.02 bits per heavy atom. The van der Waals surface area contributed by atoms with Gasteiger partial charge in [0.25, 0.3) is 10.0 Å². The molecule has 0 spiro atoms. The largest absolute Gasteiger partial charge is 0.393 e. The Morgan fingerprint density at radius 2 is 1.85 bits per heavy atom. The zero-order valence-corrected chi connectivity index (χ0v) is 22.6. The molecule has 2 atom stereocenters. The SMILES string of the molecule is O=S(=O)(C1CC1)n1cc(-c2nccc(Nc3cc(NC4CCC(O)CC4)c(C#C[C@@H]4OCC[C@@H]4O)cn3)n2)cn1. The highest BCUT2D eigenvalue weighted by Gasteiger charge is 2.37. The van der Waals surface area contributed by atoms with Gasteiger partial charge in [0.05, 0.1) is 53.3 Å². The van der Waals surface area contributed by atoms with Crippen LogP contribution in [0.1, 0.15) is 50.5 Å². The minimum absolute atomic E-state index is 0.182. The van der Waals surface area contributed by atoms with Crippen molar-refractivity contribution in [1.29, 1.82) is 0 Å². The van der Waals surface area contributed by atoms with Crippen LogP contribution in [0.5, 0.6) is 0 Å². The number of anilines is 3. The first-order valence-corrected chi connectivity index (χ1v) is 15.0. The van der Waals surface area contributed by atoms with Gasteiger partial charge in [-0.05, 0) is 44.6 Å². The Labute approximate surface area is 232 Å². The third-order valence-electron chi connectivity index (χ3n) is 7.31. The van der Waals surface area contributed by atoms with Gasteiger partial charge < -0.3 is 25.6 Å². The molecule has 0 unspecified atom stereocenters. The molecule has 0 radical (unpaired) electrons. The maximum atomic E-state index is 12.5. The fraction of sp³-hybridized carbons (Fsp3) is 0.481. The fourth-order valence-corrected chi connectivity index (χ4v) is 6.30. The molecule has 40 heavy (non-hydrogen) atoms. The lowest BCUT2D eigenvalue weighted by atomic mass is 9.93. The van der Waals surface area contributed by atoms with Gasteiger partial charge in [-0.2, -0.15) is 9.19 Å². The van der Waals surface area contributed by atoms with Gasteiger partial charge >= 0.3 is 0 Å². The second-order valence-corrected chi connectivity index (χ2v) is 12.5. The molecular formula is C27H31N7O5S. The second kappa shape index (κ2) is 11.1. The highest BCUT2D eigenvalue weighted by molar-refractivity contribution is 7.90. The van der Waals surface area contributed by atoms with Crippen molar-refractivity contribution in [2.75, 3.05) is 17.2 Å². The molecule has 1 saturated heterocycles. The van der Waals surface area contributed by atoms with Crippen molar-refractivity contribution in [1.82, 2.24) is 24.1 Å². The van der Waals surface area contributed by atoms with Gasteiger partial charge in [-0.15, -0.1) is 0 Å². The number of nitrogens with zero attached hydrogens (tertiary/aromatic N) is 5. The molecule has 3 fully saturated rings. The first-order valence-electron chi connectivity index (χ1n) is 13.5. The summed E-state index contributed by atoms with van der Waals surface area (Å²) < 4.78 is 31.5. The van der Waals surface area contributed by atoms with Crippen LogP contribution >= 0.6 is 0 Å². The van der Waals surface area contributed by atoms with Crippen LogP contribution in [-0.2, 0) is 14.8 Å². The van der Waals surface area contributed by atoms with Crippen LogP contribution in [0.15, 0.2) is 36.9 Å². The Hall–Kier alpha value is -3.57. The summed E-state index contributed by atoms with van der Waals surface area (Å²) in [5.41, 5.74) is 1.94. The summed E-state index contributed by atoms with van der Waals surface area (Å²) in [5, 5.41) is 30.4. The smallest absolute Gasteiger partial charge is 0.256 e. The van der Waals surface area contributed by atoms with Crippen LogP contribution in [0.2, 0.25) is 0 Å². The summed E-state index contributed by atoms with van der Waals surface area (Å²) in [7, 11) is -3.48. The minimum Gasteiger partial charge on any atom is -0.393 e. The molecule has 2 saturated carbocycles. The fourth-order valence-electron chi connectivity index (χ4n) is 4.82. The van der Waals surface area contributed by atoms with Crippen molar-refractivity contribution >= 4 is 27.3 Å². The number of aliphatic hydroxyl groups is 2. The van der Waals surface area contributed by atoms with Gasteiger partial charge in [0.15, 0.2) is 5.82 Å². The summed E-state index contributed by atoms with van der Waals surface area (Å²) in [4.78, 5) is 13.3. The summed E-state index contributed by atoms with van der Waals surface area (Å²) in [6.45, 7) is 0.481. The molecule has 1 aliphatic heterocycles. The van der Waals surface area contributed by atoms with E-state index in [1.54, 1.807) is 18.5 Å². The molecule has 2 aliphatic carbocycles. The maximum absolute atomic E-state index is 12.5. The van der Waals surface area contributed by atoms with Crippen LogP contribution < -0.4 is 10.6 Å². The van der Waals surface area contributed by atoms with E-state index in [0.29, 0.717) is 54.5 Å². The monoisotopic (exact) mass is 565 g/mol. The van der Waals surface area contributed by atoms with E-state index in [-0.39, 0.29) is 17.4 Å². The molecule has 3 aliphatic rings. The van der Waals surface area contributed by atoms with Gasteiger partial charge in [-0.25, -0.2) is 23.4 Å². The maximum Gasteiger partial charge on any atom is 0.256 e.